The van der Waals surface area contributed by atoms with Crippen molar-refractivity contribution >= 4 is 11.9 Å². The summed E-state index contributed by atoms with van der Waals surface area (Å²) in [4.78, 5) is 24.3. The molecule has 0 radical (unpaired) electrons. The van der Waals surface area contributed by atoms with E-state index in [1.54, 1.807) is 6.20 Å². The number of ether oxygens (including phenoxy) is 1. The Morgan fingerprint density at radius 1 is 0.854 bits per heavy atom. The molecule has 3 heterocycles. The first-order valence-corrected chi connectivity index (χ1v) is 13.9. The van der Waals surface area contributed by atoms with Gasteiger partial charge in [-0.1, -0.05) is 91.0 Å². The summed E-state index contributed by atoms with van der Waals surface area (Å²) in [6.07, 6.45) is 1.79. The maximum Gasteiger partial charge on any atom is 0.242 e. The number of morpholine rings is 1. The highest BCUT2D eigenvalue weighted by molar-refractivity contribution is 5.81. The van der Waals surface area contributed by atoms with Crippen LogP contribution in [0.2, 0.25) is 0 Å². The summed E-state index contributed by atoms with van der Waals surface area (Å²) >= 11 is 0. The van der Waals surface area contributed by atoms with Gasteiger partial charge in [0.15, 0.2) is 0 Å². The van der Waals surface area contributed by atoms with Crippen molar-refractivity contribution in [3.05, 3.63) is 103 Å². The molecule has 0 bridgehead atoms. The molecule has 1 N–H and O–H groups in total. The van der Waals surface area contributed by atoms with Gasteiger partial charge in [-0.15, -0.1) is 0 Å². The minimum Gasteiger partial charge on any atom is -0.372 e. The lowest BCUT2D eigenvalue weighted by molar-refractivity contribution is -0.141. The van der Waals surface area contributed by atoms with Crippen LogP contribution in [-0.2, 0) is 9.53 Å². The predicted molar refractivity (Wildman–Crippen MR) is 161 cm³/mol. The molecular formula is C33H32N6O2. The van der Waals surface area contributed by atoms with Gasteiger partial charge >= 0.3 is 0 Å². The number of carbonyl (C=O) groups is 1. The summed E-state index contributed by atoms with van der Waals surface area (Å²) in [7, 11) is 0. The third-order valence-corrected chi connectivity index (χ3v) is 7.06. The Morgan fingerprint density at radius 2 is 1.44 bits per heavy atom. The SMILES string of the molecule is CC1CN(C(=O)CNc2ncc(-n3nc(-c4ccccc4)cc3-c3ccccc3)c(-c3ccccc3)n2)CC(C)O1. The van der Waals surface area contributed by atoms with Crippen LogP contribution in [0.5, 0.6) is 0 Å². The lowest BCUT2D eigenvalue weighted by atomic mass is 10.1. The van der Waals surface area contributed by atoms with E-state index in [2.05, 4.69) is 40.6 Å². The fourth-order valence-corrected chi connectivity index (χ4v) is 5.20. The number of carbonyl (C=O) groups excluding carboxylic acids is 1. The standard InChI is InChI=1S/C33H32N6O2/c1-23-21-38(22-24(2)41-23)31(40)20-35-33-34-19-30(32(36-33)27-16-10-5-11-17-27)39-29(26-14-8-4-9-15-26)18-28(37-39)25-12-6-3-7-13-25/h3-19,23-24H,20-22H2,1-2H3,(H,34,35,36). The van der Waals surface area contributed by atoms with E-state index in [0.29, 0.717) is 24.7 Å². The highest BCUT2D eigenvalue weighted by Crippen LogP contribution is 2.32. The number of aromatic nitrogens is 4. The highest BCUT2D eigenvalue weighted by atomic mass is 16.5. The van der Waals surface area contributed by atoms with Crippen molar-refractivity contribution < 1.29 is 9.53 Å². The Balaban J connectivity index is 1.38. The Labute approximate surface area is 239 Å². The van der Waals surface area contributed by atoms with Crippen molar-refractivity contribution in [1.82, 2.24) is 24.6 Å². The molecule has 8 heteroatoms. The van der Waals surface area contributed by atoms with E-state index >= 15 is 0 Å². The molecule has 1 saturated heterocycles. The third-order valence-electron chi connectivity index (χ3n) is 7.06. The van der Waals surface area contributed by atoms with Gasteiger partial charge in [0.1, 0.15) is 11.4 Å². The van der Waals surface area contributed by atoms with Crippen LogP contribution in [0.3, 0.4) is 0 Å². The topological polar surface area (TPSA) is 85.2 Å². The van der Waals surface area contributed by atoms with Crippen LogP contribution in [0.1, 0.15) is 13.8 Å². The molecule has 8 nitrogen and oxygen atoms in total. The monoisotopic (exact) mass is 544 g/mol. The number of amides is 1. The first-order chi connectivity index (χ1) is 20.0. The van der Waals surface area contributed by atoms with Crippen molar-refractivity contribution in [3.8, 4) is 39.5 Å². The molecule has 2 atom stereocenters. The fraction of sp³-hybridized carbons (Fsp3) is 0.212. The van der Waals surface area contributed by atoms with Gasteiger partial charge in [0.25, 0.3) is 0 Å². The number of hydrogen-bond acceptors (Lipinski definition) is 6. The van der Waals surface area contributed by atoms with E-state index in [9.17, 15) is 4.79 Å². The smallest absolute Gasteiger partial charge is 0.242 e. The van der Waals surface area contributed by atoms with Gasteiger partial charge in [0, 0.05) is 29.8 Å². The van der Waals surface area contributed by atoms with E-state index in [1.165, 1.54) is 0 Å². The van der Waals surface area contributed by atoms with Crippen molar-refractivity contribution in [2.24, 2.45) is 0 Å². The van der Waals surface area contributed by atoms with Gasteiger partial charge in [-0.3, -0.25) is 4.79 Å². The molecule has 1 fully saturated rings. The molecule has 0 saturated carbocycles. The molecule has 206 valence electrons. The predicted octanol–water partition coefficient (Wildman–Crippen LogP) is 5.71. The summed E-state index contributed by atoms with van der Waals surface area (Å²) in [6.45, 7) is 5.22. The average molecular weight is 545 g/mol. The van der Waals surface area contributed by atoms with Gasteiger partial charge in [0.2, 0.25) is 11.9 Å². The van der Waals surface area contributed by atoms with E-state index < -0.39 is 0 Å². The van der Waals surface area contributed by atoms with Gasteiger partial charge in [-0.25, -0.2) is 14.6 Å². The molecule has 5 aromatic rings. The summed E-state index contributed by atoms with van der Waals surface area (Å²) < 4.78 is 7.68. The number of nitrogens with zero attached hydrogens (tertiary/aromatic N) is 5. The molecule has 0 spiro atoms. The fourth-order valence-electron chi connectivity index (χ4n) is 5.20. The zero-order valence-electron chi connectivity index (χ0n) is 23.1. The second kappa shape index (κ2) is 11.7. The minimum atomic E-state index is -0.00752. The molecule has 6 rings (SSSR count). The zero-order chi connectivity index (χ0) is 28.2. The summed E-state index contributed by atoms with van der Waals surface area (Å²) in [5.74, 6) is 0.374. The van der Waals surface area contributed by atoms with E-state index in [-0.39, 0.29) is 24.7 Å². The van der Waals surface area contributed by atoms with Crippen LogP contribution in [-0.4, -0.2) is 62.4 Å². The van der Waals surface area contributed by atoms with Crippen LogP contribution in [0, 0.1) is 0 Å². The number of rotatable bonds is 7. The van der Waals surface area contributed by atoms with E-state index in [1.807, 2.05) is 90.2 Å². The quantitative estimate of drug-likeness (QED) is 0.283. The second-order valence-corrected chi connectivity index (χ2v) is 10.3. The summed E-state index contributed by atoms with van der Waals surface area (Å²) in [5, 5.41) is 8.19. The number of nitrogens with one attached hydrogen (secondary N) is 1. The molecule has 2 unspecified atom stereocenters. The van der Waals surface area contributed by atoms with Crippen LogP contribution in [0.4, 0.5) is 5.95 Å². The first-order valence-electron chi connectivity index (χ1n) is 13.9. The number of hydrogen-bond donors (Lipinski definition) is 1. The lowest BCUT2D eigenvalue weighted by Crippen LogP contribution is -2.49. The average Bonchev–Trinajstić information content (AvgIpc) is 3.46. The van der Waals surface area contributed by atoms with E-state index in [0.717, 1.165) is 33.8 Å². The highest BCUT2D eigenvalue weighted by Gasteiger charge is 2.26. The summed E-state index contributed by atoms with van der Waals surface area (Å²) in [5.41, 5.74) is 6.21. The molecule has 1 aliphatic heterocycles. The van der Waals surface area contributed by atoms with Gasteiger partial charge in [0.05, 0.1) is 36.3 Å². The maximum absolute atomic E-state index is 13.0. The number of anilines is 1. The Bertz CT molecular complexity index is 1610. The maximum atomic E-state index is 13.0. The van der Waals surface area contributed by atoms with Crippen molar-refractivity contribution in [2.45, 2.75) is 26.1 Å². The van der Waals surface area contributed by atoms with Gasteiger partial charge in [-0.2, -0.15) is 5.10 Å². The number of benzene rings is 3. The first kappa shape index (κ1) is 26.4. The van der Waals surface area contributed by atoms with E-state index in [4.69, 9.17) is 14.8 Å². The van der Waals surface area contributed by atoms with Crippen LogP contribution >= 0.6 is 0 Å². The molecule has 1 amide bonds. The van der Waals surface area contributed by atoms with Crippen LogP contribution in [0.25, 0.3) is 39.5 Å². The molecular weight excluding hydrogens is 512 g/mol. The zero-order valence-corrected chi connectivity index (χ0v) is 23.1. The van der Waals surface area contributed by atoms with Crippen molar-refractivity contribution in [2.75, 3.05) is 25.0 Å². The molecule has 41 heavy (non-hydrogen) atoms. The molecule has 0 aliphatic carbocycles. The molecule has 1 aliphatic rings. The third kappa shape index (κ3) is 5.88. The van der Waals surface area contributed by atoms with Gasteiger partial charge in [-0.05, 0) is 19.9 Å². The van der Waals surface area contributed by atoms with Gasteiger partial charge < -0.3 is 15.0 Å². The normalized spacial score (nSPS) is 16.9. The lowest BCUT2D eigenvalue weighted by Gasteiger charge is -2.35. The molecule has 2 aromatic heterocycles. The van der Waals surface area contributed by atoms with Crippen molar-refractivity contribution in [3.63, 3.8) is 0 Å². The van der Waals surface area contributed by atoms with Crippen LogP contribution in [0.15, 0.2) is 103 Å². The Morgan fingerprint density at radius 3 is 2.07 bits per heavy atom. The van der Waals surface area contributed by atoms with Crippen LogP contribution < -0.4 is 5.32 Å². The second-order valence-electron chi connectivity index (χ2n) is 10.3. The molecule has 3 aromatic carbocycles. The van der Waals surface area contributed by atoms with Crippen molar-refractivity contribution in [1.29, 1.82) is 0 Å². The summed E-state index contributed by atoms with van der Waals surface area (Å²) in [6, 6.07) is 32.4. The Hall–Kier alpha value is -4.82. The Kier molecular flexibility index (Phi) is 7.56. The minimum absolute atomic E-state index is 0.00752. The largest absolute Gasteiger partial charge is 0.372 e.